The molecule has 3 atom stereocenters. The summed E-state index contributed by atoms with van der Waals surface area (Å²) in [5, 5.41) is 0.0761. The Labute approximate surface area is 162 Å². The van der Waals surface area contributed by atoms with E-state index in [1.807, 2.05) is 12.1 Å². The molecule has 1 saturated carbocycles. The molecular formula is C19H14ClF3O3S. The number of ether oxygens (including phenoxy) is 2. The monoisotopic (exact) mass is 414 g/mol. The van der Waals surface area contributed by atoms with Crippen LogP contribution in [0.25, 0.3) is 0 Å². The molecule has 2 aromatic rings. The van der Waals surface area contributed by atoms with Gasteiger partial charge >= 0.3 is 12.1 Å². The first-order valence-electron chi connectivity index (χ1n) is 8.31. The van der Waals surface area contributed by atoms with E-state index < -0.39 is 11.7 Å². The van der Waals surface area contributed by atoms with Gasteiger partial charge in [-0.15, -0.1) is 11.8 Å². The highest BCUT2D eigenvalue weighted by Crippen LogP contribution is 2.65. The van der Waals surface area contributed by atoms with Crippen molar-refractivity contribution in [2.75, 3.05) is 6.61 Å². The van der Waals surface area contributed by atoms with Crippen LogP contribution in [-0.4, -0.2) is 17.8 Å². The zero-order chi connectivity index (χ0) is 19.3. The van der Waals surface area contributed by atoms with Crippen molar-refractivity contribution in [3.8, 4) is 11.5 Å². The van der Waals surface area contributed by atoms with Gasteiger partial charge in [0, 0.05) is 16.1 Å². The molecule has 8 heteroatoms. The molecule has 1 aliphatic carbocycles. The third-order valence-corrected chi connectivity index (χ3v) is 6.37. The van der Waals surface area contributed by atoms with Crippen molar-refractivity contribution in [2.24, 2.45) is 5.92 Å². The molecule has 2 aromatic carbocycles. The first kappa shape index (κ1) is 18.5. The maximum Gasteiger partial charge on any atom is 0.416 e. The molecule has 0 spiro atoms. The van der Waals surface area contributed by atoms with Crippen LogP contribution in [0.1, 0.15) is 24.0 Å². The predicted octanol–water partition coefficient (Wildman–Crippen LogP) is 5.90. The van der Waals surface area contributed by atoms with Gasteiger partial charge in [-0.25, -0.2) is 0 Å². The second-order valence-electron chi connectivity index (χ2n) is 6.33. The van der Waals surface area contributed by atoms with E-state index in [0.29, 0.717) is 12.4 Å². The van der Waals surface area contributed by atoms with Gasteiger partial charge in [-0.05, 0) is 42.8 Å². The molecule has 1 heterocycles. The largest absolute Gasteiger partial charge is 0.466 e. The molecule has 1 aliphatic heterocycles. The Balaban J connectivity index is 1.50. The smallest absolute Gasteiger partial charge is 0.416 e. The van der Waals surface area contributed by atoms with Gasteiger partial charge in [0.1, 0.15) is 11.5 Å². The lowest BCUT2D eigenvalue weighted by molar-refractivity contribution is -0.144. The lowest BCUT2D eigenvalue weighted by atomic mass is 10.1. The number of fused-ring (bicyclic) bond motifs is 3. The summed E-state index contributed by atoms with van der Waals surface area (Å²) in [6, 6.07) is 8.43. The van der Waals surface area contributed by atoms with Gasteiger partial charge in [0.2, 0.25) is 0 Å². The fraction of sp³-hybridized carbons (Fsp3) is 0.316. The number of thioether (sulfide) groups is 1. The molecular weight excluding hydrogens is 401 g/mol. The lowest BCUT2D eigenvalue weighted by Crippen LogP contribution is -2.09. The summed E-state index contributed by atoms with van der Waals surface area (Å²) in [5.41, 5.74) is 0.253. The third kappa shape index (κ3) is 3.38. The van der Waals surface area contributed by atoms with Gasteiger partial charge in [-0.1, -0.05) is 17.7 Å². The average Bonchev–Trinajstić information content (AvgIpc) is 3.18. The van der Waals surface area contributed by atoms with Crippen molar-refractivity contribution in [1.29, 1.82) is 0 Å². The van der Waals surface area contributed by atoms with Crippen molar-refractivity contribution >= 4 is 29.3 Å². The first-order valence-corrected chi connectivity index (χ1v) is 9.57. The normalized spacial score (nSPS) is 22.8. The van der Waals surface area contributed by atoms with Gasteiger partial charge in [0.25, 0.3) is 0 Å². The van der Waals surface area contributed by atoms with Crippen LogP contribution in [0, 0.1) is 5.92 Å². The molecule has 0 bridgehead atoms. The van der Waals surface area contributed by atoms with Crippen LogP contribution in [0.4, 0.5) is 13.2 Å². The second-order valence-corrected chi connectivity index (χ2v) is 7.96. The number of benzene rings is 2. The Hall–Kier alpha value is -1.86. The Morgan fingerprint density at radius 2 is 2.00 bits per heavy atom. The van der Waals surface area contributed by atoms with Crippen molar-refractivity contribution in [3.05, 3.63) is 52.5 Å². The van der Waals surface area contributed by atoms with E-state index in [0.717, 1.165) is 22.6 Å². The predicted molar refractivity (Wildman–Crippen MR) is 95.5 cm³/mol. The van der Waals surface area contributed by atoms with Crippen molar-refractivity contribution in [3.63, 3.8) is 0 Å². The van der Waals surface area contributed by atoms with E-state index in [4.69, 9.17) is 21.1 Å². The Bertz CT molecular complexity index is 916. The Kier molecular flexibility index (Phi) is 4.55. The number of alkyl halides is 3. The average molecular weight is 415 g/mol. The number of hydrogen-bond acceptors (Lipinski definition) is 4. The van der Waals surface area contributed by atoms with E-state index in [9.17, 15) is 18.0 Å². The second kappa shape index (κ2) is 6.63. The van der Waals surface area contributed by atoms with E-state index in [-0.39, 0.29) is 33.8 Å². The van der Waals surface area contributed by atoms with E-state index in [2.05, 4.69) is 0 Å². The Morgan fingerprint density at radius 1 is 1.22 bits per heavy atom. The van der Waals surface area contributed by atoms with Crippen LogP contribution in [0.5, 0.6) is 11.5 Å². The molecule has 0 saturated heterocycles. The lowest BCUT2D eigenvalue weighted by Gasteiger charge is -2.13. The SMILES string of the molecule is CCOC(=O)C1C2c3ccc(Oc4ccc(C(F)(F)F)cc4Cl)cc3S[C@@H]12. The van der Waals surface area contributed by atoms with Gasteiger partial charge < -0.3 is 9.47 Å². The fourth-order valence-corrected chi connectivity index (χ4v) is 5.14. The van der Waals surface area contributed by atoms with Crippen LogP contribution >= 0.6 is 23.4 Å². The number of hydrogen-bond donors (Lipinski definition) is 0. The molecule has 0 amide bonds. The van der Waals surface area contributed by atoms with E-state index in [1.54, 1.807) is 24.8 Å². The van der Waals surface area contributed by atoms with Crippen LogP contribution in [0.3, 0.4) is 0 Å². The summed E-state index contributed by atoms with van der Waals surface area (Å²) >= 11 is 7.53. The van der Waals surface area contributed by atoms with Gasteiger partial charge in [0.05, 0.1) is 23.1 Å². The standard InChI is InChI=1S/C19H14ClF3O3S/c1-2-25-18(24)16-15-11-5-4-10(8-14(11)27-17(15)16)26-13-6-3-9(7-12(13)20)19(21,22)23/h3-8,15-17H,2H2,1H3/t15?,16?,17-/m1/s1. The van der Waals surface area contributed by atoms with Crippen LogP contribution in [-0.2, 0) is 15.7 Å². The molecule has 27 heavy (non-hydrogen) atoms. The van der Waals surface area contributed by atoms with Crippen LogP contribution in [0.15, 0.2) is 41.3 Å². The van der Waals surface area contributed by atoms with Crippen molar-refractivity contribution in [2.45, 2.75) is 29.2 Å². The zero-order valence-electron chi connectivity index (χ0n) is 14.0. The number of carbonyl (C=O) groups excluding carboxylic acids is 1. The van der Waals surface area contributed by atoms with E-state index >= 15 is 0 Å². The number of halogens is 4. The highest BCUT2D eigenvalue weighted by atomic mass is 35.5. The summed E-state index contributed by atoms with van der Waals surface area (Å²) in [7, 11) is 0. The summed E-state index contributed by atoms with van der Waals surface area (Å²) < 4.78 is 48.9. The number of carbonyl (C=O) groups is 1. The van der Waals surface area contributed by atoms with Crippen LogP contribution in [0.2, 0.25) is 5.02 Å². The van der Waals surface area contributed by atoms with Crippen molar-refractivity contribution < 1.29 is 27.4 Å². The summed E-state index contributed by atoms with van der Waals surface area (Å²) in [6.45, 7) is 2.15. The molecule has 2 unspecified atom stereocenters. The minimum atomic E-state index is -4.46. The fourth-order valence-electron chi connectivity index (χ4n) is 3.31. The molecule has 2 aliphatic rings. The minimum Gasteiger partial charge on any atom is -0.466 e. The van der Waals surface area contributed by atoms with Gasteiger partial charge in [-0.3, -0.25) is 4.79 Å². The zero-order valence-corrected chi connectivity index (χ0v) is 15.6. The number of rotatable bonds is 4. The minimum absolute atomic E-state index is 0.0985. The topological polar surface area (TPSA) is 35.5 Å². The maximum absolute atomic E-state index is 12.7. The van der Waals surface area contributed by atoms with E-state index in [1.165, 1.54) is 6.07 Å². The van der Waals surface area contributed by atoms with Gasteiger partial charge in [-0.2, -0.15) is 13.2 Å². The first-order chi connectivity index (χ1) is 12.8. The molecule has 0 N–H and O–H groups in total. The molecule has 0 aromatic heterocycles. The van der Waals surface area contributed by atoms with Gasteiger partial charge in [0.15, 0.2) is 0 Å². The maximum atomic E-state index is 12.7. The summed E-state index contributed by atoms with van der Waals surface area (Å²) in [4.78, 5) is 12.9. The molecule has 142 valence electrons. The molecule has 0 radical (unpaired) electrons. The molecule has 3 nitrogen and oxygen atoms in total. The Morgan fingerprint density at radius 3 is 2.67 bits per heavy atom. The van der Waals surface area contributed by atoms with Crippen molar-refractivity contribution in [1.82, 2.24) is 0 Å². The molecule has 1 fully saturated rings. The van der Waals surface area contributed by atoms with Crippen LogP contribution < -0.4 is 4.74 Å². The summed E-state index contributed by atoms with van der Waals surface area (Å²) in [6.07, 6.45) is -4.46. The number of esters is 1. The quantitative estimate of drug-likeness (QED) is 0.583. The highest BCUT2D eigenvalue weighted by Gasteiger charge is 2.61. The highest BCUT2D eigenvalue weighted by molar-refractivity contribution is 8.00. The molecule has 4 rings (SSSR count). The third-order valence-electron chi connectivity index (χ3n) is 4.61. The summed E-state index contributed by atoms with van der Waals surface area (Å²) in [5.74, 6) is 0.535.